The zero-order valence-electron chi connectivity index (χ0n) is 8.43. The third-order valence-electron chi connectivity index (χ3n) is 2.63. The summed E-state index contributed by atoms with van der Waals surface area (Å²) in [4.78, 5) is 4.20. The van der Waals surface area contributed by atoms with Crippen LogP contribution < -0.4 is 0 Å². The molecule has 78 valence electrons. The van der Waals surface area contributed by atoms with Crippen molar-refractivity contribution < 1.29 is 8.78 Å². The Hall–Kier alpha value is -1.51. The molecule has 0 aliphatic carbocycles. The lowest BCUT2D eigenvalue weighted by Gasteiger charge is -2.09. The van der Waals surface area contributed by atoms with Gasteiger partial charge in [-0.25, -0.2) is 8.78 Å². The molecule has 1 aromatic carbocycles. The van der Waals surface area contributed by atoms with Crippen LogP contribution in [0.3, 0.4) is 0 Å². The maximum Gasteiger partial charge on any atom is 0.131 e. The van der Waals surface area contributed by atoms with Crippen molar-refractivity contribution in [3.05, 3.63) is 47.5 Å². The highest BCUT2D eigenvalue weighted by Crippen LogP contribution is 2.34. The quantitative estimate of drug-likeness (QED) is 0.669. The van der Waals surface area contributed by atoms with Crippen LogP contribution in [-0.2, 0) is 0 Å². The molecule has 1 atom stereocenters. The average Bonchev–Trinajstić information content (AvgIpc) is 2.46. The van der Waals surface area contributed by atoms with Crippen LogP contribution in [0.2, 0.25) is 0 Å². The molecule has 1 aliphatic heterocycles. The molecule has 1 heterocycles. The molecule has 0 saturated carbocycles. The Labute approximate surface area is 87.2 Å². The third kappa shape index (κ3) is 1.69. The van der Waals surface area contributed by atoms with Gasteiger partial charge in [0.05, 0.1) is 6.04 Å². The van der Waals surface area contributed by atoms with Crippen molar-refractivity contribution in [2.24, 2.45) is 4.99 Å². The van der Waals surface area contributed by atoms with E-state index in [1.807, 2.05) is 0 Å². The van der Waals surface area contributed by atoms with Gasteiger partial charge in [0.25, 0.3) is 0 Å². The molecule has 15 heavy (non-hydrogen) atoms. The molecule has 3 heteroatoms. The lowest BCUT2D eigenvalue weighted by molar-refractivity contribution is 0.531. The second kappa shape index (κ2) is 3.57. The van der Waals surface area contributed by atoms with E-state index >= 15 is 0 Å². The molecule has 2 rings (SSSR count). The first-order valence-corrected chi connectivity index (χ1v) is 4.76. The number of hydrogen-bond acceptors (Lipinski definition) is 1. The molecule has 0 radical (unpaired) electrons. The van der Waals surface area contributed by atoms with Crippen LogP contribution >= 0.6 is 0 Å². The summed E-state index contributed by atoms with van der Waals surface area (Å²) in [5, 5.41) is 0. The molecule has 1 unspecified atom stereocenters. The minimum Gasteiger partial charge on any atom is -0.281 e. The van der Waals surface area contributed by atoms with Crippen molar-refractivity contribution in [3.8, 4) is 0 Å². The van der Waals surface area contributed by atoms with E-state index in [0.29, 0.717) is 6.42 Å². The normalized spacial score (nSPS) is 20.6. The van der Waals surface area contributed by atoms with Crippen LogP contribution in [0.1, 0.15) is 24.9 Å². The first-order chi connectivity index (χ1) is 7.09. The van der Waals surface area contributed by atoms with Gasteiger partial charge in [-0.05, 0) is 24.6 Å². The van der Waals surface area contributed by atoms with Gasteiger partial charge in [0.15, 0.2) is 0 Å². The molecular weight excluding hydrogens is 196 g/mol. The Bertz CT molecular complexity index is 429. The highest BCUT2D eigenvalue weighted by Gasteiger charge is 2.25. The van der Waals surface area contributed by atoms with Crippen molar-refractivity contribution in [3.63, 3.8) is 0 Å². The molecule has 1 aliphatic rings. The predicted molar refractivity (Wildman–Crippen MR) is 56.0 cm³/mol. The van der Waals surface area contributed by atoms with E-state index in [9.17, 15) is 8.78 Å². The molecule has 0 fully saturated rings. The number of aliphatic imine (C=N–C) groups is 1. The Morgan fingerprint density at radius 3 is 2.40 bits per heavy atom. The summed E-state index contributed by atoms with van der Waals surface area (Å²) in [7, 11) is 0. The smallest absolute Gasteiger partial charge is 0.131 e. The van der Waals surface area contributed by atoms with Crippen LogP contribution in [-0.4, -0.2) is 5.71 Å². The first kappa shape index (κ1) is 10.0. The fraction of sp³-hybridized carbons (Fsp3) is 0.250. The Kier molecular flexibility index (Phi) is 2.39. The predicted octanol–water partition coefficient (Wildman–Crippen LogP) is 3.43. The summed E-state index contributed by atoms with van der Waals surface area (Å²) in [6.45, 7) is 5.60. The Morgan fingerprint density at radius 1 is 1.33 bits per heavy atom. The van der Waals surface area contributed by atoms with Gasteiger partial charge in [0, 0.05) is 17.7 Å². The fourth-order valence-corrected chi connectivity index (χ4v) is 1.75. The highest BCUT2D eigenvalue weighted by atomic mass is 19.1. The Morgan fingerprint density at radius 2 is 1.93 bits per heavy atom. The zero-order valence-corrected chi connectivity index (χ0v) is 8.43. The number of halogens is 2. The Balaban J connectivity index is 2.44. The minimum atomic E-state index is -0.536. The lowest BCUT2D eigenvalue weighted by atomic mass is 10.0. The van der Waals surface area contributed by atoms with E-state index in [0.717, 1.165) is 11.3 Å². The van der Waals surface area contributed by atoms with Gasteiger partial charge in [-0.15, -0.1) is 0 Å². The van der Waals surface area contributed by atoms with Crippen molar-refractivity contribution in [1.82, 2.24) is 0 Å². The lowest BCUT2D eigenvalue weighted by Crippen LogP contribution is -1.99. The average molecular weight is 207 g/mol. The van der Waals surface area contributed by atoms with Crippen molar-refractivity contribution in [2.45, 2.75) is 19.4 Å². The molecule has 0 saturated heterocycles. The molecule has 1 nitrogen and oxygen atoms in total. The van der Waals surface area contributed by atoms with E-state index in [-0.39, 0.29) is 5.56 Å². The summed E-state index contributed by atoms with van der Waals surface area (Å²) in [5.74, 6) is -1.07. The standard InChI is InChI=1S/C12H11F2N/c1-7-6-11(15-8(7)2)12-9(13)4-3-5-10(12)14/h3-5,11H,1,6H2,2H3. The van der Waals surface area contributed by atoms with Crippen molar-refractivity contribution in [1.29, 1.82) is 0 Å². The van der Waals surface area contributed by atoms with Crippen LogP contribution in [0, 0.1) is 11.6 Å². The SMILES string of the molecule is C=C1CC(c2c(F)cccc2F)N=C1C. The van der Waals surface area contributed by atoms with Crippen LogP contribution in [0.5, 0.6) is 0 Å². The summed E-state index contributed by atoms with van der Waals surface area (Å²) >= 11 is 0. The minimum absolute atomic E-state index is 0.0514. The van der Waals surface area contributed by atoms with Gasteiger partial charge in [0.2, 0.25) is 0 Å². The maximum absolute atomic E-state index is 13.4. The molecule has 1 aromatic rings. The molecule has 0 bridgehead atoms. The number of nitrogens with zero attached hydrogens (tertiary/aromatic N) is 1. The van der Waals surface area contributed by atoms with Gasteiger partial charge in [-0.2, -0.15) is 0 Å². The third-order valence-corrected chi connectivity index (χ3v) is 2.63. The van der Waals surface area contributed by atoms with Crippen LogP contribution in [0.15, 0.2) is 35.3 Å². The molecule has 0 spiro atoms. The van der Waals surface area contributed by atoms with Crippen LogP contribution in [0.25, 0.3) is 0 Å². The van der Waals surface area contributed by atoms with E-state index < -0.39 is 17.7 Å². The maximum atomic E-state index is 13.4. The topological polar surface area (TPSA) is 12.4 Å². The van der Waals surface area contributed by atoms with E-state index in [2.05, 4.69) is 11.6 Å². The largest absolute Gasteiger partial charge is 0.281 e. The molecular formula is C12H11F2N. The van der Waals surface area contributed by atoms with Gasteiger partial charge in [-0.3, -0.25) is 4.99 Å². The van der Waals surface area contributed by atoms with Gasteiger partial charge in [0.1, 0.15) is 11.6 Å². The van der Waals surface area contributed by atoms with Crippen molar-refractivity contribution >= 4 is 5.71 Å². The zero-order chi connectivity index (χ0) is 11.0. The summed E-state index contributed by atoms with van der Waals surface area (Å²) in [6, 6.07) is 3.42. The van der Waals surface area contributed by atoms with Crippen molar-refractivity contribution in [2.75, 3.05) is 0 Å². The number of rotatable bonds is 1. The summed E-state index contributed by atoms with van der Waals surface area (Å²) in [6.07, 6.45) is 0.504. The second-order valence-electron chi connectivity index (χ2n) is 3.67. The van der Waals surface area contributed by atoms with E-state index in [4.69, 9.17) is 0 Å². The highest BCUT2D eigenvalue weighted by molar-refractivity contribution is 5.99. The summed E-state index contributed by atoms with van der Waals surface area (Å²) < 4.78 is 26.8. The monoisotopic (exact) mass is 207 g/mol. The second-order valence-corrected chi connectivity index (χ2v) is 3.67. The van der Waals surface area contributed by atoms with Gasteiger partial charge >= 0.3 is 0 Å². The summed E-state index contributed by atoms with van der Waals surface area (Å²) in [5.41, 5.74) is 1.68. The van der Waals surface area contributed by atoms with Crippen LogP contribution in [0.4, 0.5) is 8.78 Å². The fourth-order valence-electron chi connectivity index (χ4n) is 1.75. The van der Waals surface area contributed by atoms with E-state index in [1.54, 1.807) is 6.92 Å². The van der Waals surface area contributed by atoms with Gasteiger partial charge < -0.3 is 0 Å². The number of benzene rings is 1. The molecule has 0 N–H and O–H groups in total. The van der Waals surface area contributed by atoms with E-state index in [1.165, 1.54) is 18.2 Å². The molecule has 0 aromatic heterocycles. The van der Waals surface area contributed by atoms with Gasteiger partial charge in [-0.1, -0.05) is 12.6 Å². The number of hydrogen-bond donors (Lipinski definition) is 0. The molecule has 0 amide bonds. The first-order valence-electron chi connectivity index (χ1n) is 4.76.